The van der Waals surface area contributed by atoms with E-state index >= 15 is 0 Å². The SMILES string of the molecule is CCc1nc2ccccc2c(OC(=O)Cl)c1C. The van der Waals surface area contributed by atoms with E-state index in [0.29, 0.717) is 5.75 Å². The Hall–Kier alpha value is -1.61. The number of hydrogen-bond donors (Lipinski definition) is 0. The third-order valence-corrected chi connectivity index (χ3v) is 2.77. The fourth-order valence-corrected chi connectivity index (χ4v) is 1.96. The average molecular weight is 250 g/mol. The van der Waals surface area contributed by atoms with Gasteiger partial charge < -0.3 is 4.74 Å². The number of fused-ring (bicyclic) bond motifs is 1. The normalized spacial score (nSPS) is 10.5. The van der Waals surface area contributed by atoms with Gasteiger partial charge in [0, 0.05) is 28.2 Å². The maximum atomic E-state index is 10.9. The van der Waals surface area contributed by atoms with Crippen LogP contribution >= 0.6 is 11.6 Å². The Bertz CT molecular complexity index is 581. The van der Waals surface area contributed by atoms with Gasteiger partial charge in [-0.1, -0.05) is 19.1 Å². The maximum Gasteiger partial charge on any atom is 0.409 e. The fourth-order valence-electron chi connectivity index (χ4n) is 1.88. The van der Waals surface area contributed by atoms with Crippen LogP contribution in [0, 0.1) is 6.92 Å². The molecule has 0 N–H and O–H groups in total. The molecule has 0 amide bonds. The molecule has 0 aliphatic rings. The van der Waals surface area contributed by atoms with Crippen molar-refractivity contribution < 1.29 is 9.53 Å². The predicted molar refractivity (Wildman–Crippen MR) is 67.7 cm³/mol. The third-order valence-electron chi connectivity index (χ3n) is 2.69. The molecule has 88 valence electrons. The third kappa shape index (κ3) is 2.24. The molecule has 0 atom stereocenters. The highest BCUT2D eigenvalue weighted by Gasteiger charge is 2.13. The molecule has 0 unspecified atom stereocenters. The summed E-state index contributed by atoms with van der Waals surface area (Å²) in [4.78, 5) is 15.5. The number of aromatic nitrogens is 1. The fraction of sp³-hybridized carbons (Fsp3) is 0.231. The van der Waals surface area contributed by atoms with Gasteiger partial charge in [-0.25, -0.2) is 4.79 Å². The second kappa shape index (κ2) is 4.72. The summed E-state index contributed by atoms with van der Waals surface area (Å²) in [6.07, 6.45) is 0.781. The first-order valence-electron chi connectivity index (χ1n) is 5.39. The Morgan fingerprint density at radius 1 is 1.41 bits per heavy atom. The van der Waals surface area contributed by atoms with Crippen LogP contribution in [0.4, 0.5) is 4.79 Å². The minimum Gasteiger partial charge on any atom is -0.413 e. The van der Waals surface area contributed by atoms with Gasteiger partial charge >= 0.3 is 5.43 Å². The van der Waals surface area contributed by atoms with Crippen LogP contribution in [0.1, 0.15) is 18.2 Å². The molecule has 4 heteroatoms. The first kappa shape index (κ1) is 11.9. The van der Waals surface area contributed by atoms with E-state index in [1.54, 1.807) is 0 Å². The number of pyridine rings is 1. The highest BCUT2D eigenvalue weighted by molar-refractivity contribution is 6.61. The molecule has 3 nitrogen and oxygen atoms in total. The van der Waals surface area contributed by atoms with E-state index in [-0.39, 0.29) is 0 Å². The topological polar surface area (TPSA) is 39.2 Å². The average Bonchev–Trinajstić information content (AvgIpc) is 2.32. The van der Waals surface area contributed by atoms with Crippen LogP contribution in [-0.2, 0) is 6.42 Å². The molecule has 1 aromatic heterocycles. The van der Waals surface area contributed by atoms with Crippen molar-refractivity contribution in [2.24, 2.45) is 0 Å². The van der Waals surface area contributed by atoms with Gasteiger partial charge in [-0.2, -0.15) is 0 Å². The van der Waals surface area contributed by atoms with Gasteiger partial charge in [0.05, 0.1) is 5.52 Å². The first-order chi connectivity index (χ1) is 8.13. The number of aryl methyl sites for hydroxylation is 1. The van der Waals surface area contributed by atoms with Crippen molar-refractivity contribution in [3.63, 3.8) is 0 Å². The lowest BCUT2D eigenvalue weighted by Gasteiger charge is -2.11. The van der Waals surface area contributed by atoms with E-state index in [2.05, 4.69) is 4.98 Å². The molecular weight excluding hydrogens is 238 g/mol. The zero-order valence-electron chi connectivity index (χ0n) is 9.66. The molecule has 0 radical (unpaired) electrons. The Balaban J connectivity index is 2.75. The van der Waals surface area contributed by atoms with Crippen LogP contribution in [0.25, 0.3) is 10.9 Å². The van der Waals surface area contributed by atoms with Crippen molar-refractivity contribution in [3.05, 3.63) is 35.5 Å². The Labute approximate surface area is 104 Å². The number of hydrogen-bond acceptors (Lipinski definition) is 3. The molecule has 0 aliphatic carbocycles. The highest BCUT2D eigenvalue weighted by atomic mass is 35.5. The summed E-state index contributed by atoms with van der Waals surface area (Å²) >= 11 is 5.30. The molecule has 0 aliphatic heterocycles. The van der Waals surface area contributed by atoms with Gasteiger partial charge in [0.2, 0.25) is 0 Å². The van der Waals surface area contributed by atoms with Gasteiger partial charge in [0.1, 0.15) is 5.75 Å². The predicted octanol–water partition coefficient (Wildman–Crippen LogP) is 3.84. The first-order valence-corrected chi connectivity index (χ1v) is 5.76. The Morgan fingerprint density at radius 3 is 2.76 bits per heavy atom. The monoisotopic (exact) mass is 249 g/mol. The van der Waals surface area contributed by atoms with Crippen molar-refractivity contribution >= 4 is 27.9 Å². The number of para-hydroxylation sites is 1. The van der Waals surface area contributed by atoms with E-state index in [4.69, 9.17) is 16.3 Å². The van der Waals surface area contributed by atoms with Gasteiger partial charge in [-0.05, 0) is 25.5 Å². The van der Waals surface area contributed by atoms with Gasteiger partial charge in [-0.15, -0.1) is 0 Å². The summed E-state index contributed by atoms with van der Waals surface area (Å²) in [5.41, 5.74) is 1.76. The lowest BCUT2D eigenvalue weighted by Crippen LogP contribution is -2.03. The largest absolute Gasteiger partial charge is 0.413 e. The van der Waals surface area contributed by atoms with E-state index in [1.807, 2.05) is 38.1 Å². The minimum absolute atomic E-state index is 0.507. The number of ether oxygens (including phenoxy) is 1. The van der Waals surface area contributed by atoms with E-state index in [0.717, 1.165) is 28.6 Å². The molecule has 1 aromatic carbocycles. The molecule has 0 spiro atoms. The van der Waals surface area contributed by atoms with Gasteiger partial charge in [0.15, 0.2) is 0 Å². The van der Waals surface area contributed by atoms with Crippen molar-refractivity contribution in [1.29, 1.82) is 0 Å². The van der Waals surface area contributed by atoms with E-state index in [1.165, 1.54) is 0 Å². The zero-order valence-corrected chi connectivity index (χ0v) is 10.4. The highest BCUT2D eigenvalue weighted by Crippen LogP contribution is 2.30. The number of rotatable bonds is 2. The zero-order chi connectivity index (χ0) is 12.4. The number of carbonyl (C=O) groups is 1. The standard InChI is InChI=1S/C13H12ClNO2/c1-3-10-8(2)12(17-13(14)16)9-6-4-5-7-11(9)15-10/h4-7H,3H2,1-2H3. The van der Waals surface area contributed by atoms with Crippen molar-refractivity contribution in [3.8, 4) is 5.75 Å². The summed E-state index contributed by atoms with van der Waals surface area (Å²) in [5, 5.41) is 0.802. The van der Waals surface area contributed by atoms with Crippen LogP contribution in [0.15, 0.2) is 24.3 Å². The number of nitrogens with zero attached hydrogens (tertiary/aromatic N) is 1. The number of carbonyl (C=O) groups excluding carboxylic acids is 1. The molecule has 0 bridgehead atoms. The smallest absolute Gasteiger partial charge is 0.409 e. The maximum absolute atomic E-state index is 10.9. The number of benzene rings is 1. The molecule has 0 fully saturated rings. The van der Waals surface area contributed by atoms with Gasteiger partial charge in [0.25, 0.3) is 0 Å². The molecular formula is C13H12ClNO2. The van der Waals surface area contributed by atoms with Crippen molar-refractivity contribution in [2.75, 3.05) is 0 Å². The molecule has 0 saturated heterocycles. The minimum atomic E-state index is -0.827. The Morgan fingerprint density at radius 2 is 2.12 bits per heavy atom. The number of halogens is 1. The summed E-state index contributed by atoms with van der Waals surface area (Å²) < 4.78 is 5.09. The van der Waals surface area contributed by atoms with E-state index in [9.17, 15) is 4.79 Å². The molecule has 17 heavy (non-hydrogen) atoms. The summed E-state index contributed by atoms with van der Waals surface area (Å²) in [5.74, 6) is 0.507. The molecule has 2 rings (SSSR count). The van der Waals surface area contributed by atoms with Gasteiger partial charge in [-0.3, -0.25) is 4.98 Å². The van der Waals surface area contributed by atoms with Crippen LogP contribution in [0.5, 0.6) is 5.75 Å². The van der Waals surface area contributed by atoms with Crippen LogP contribution in [-0.4, -0.2) is 10.4 Å². The summed E-state index contributed by atoms with van der Waals surface area (Å²) in [7, 11) is 0. The van der Waals surface area contributed by atoms with Crippen LogP contribution < -0.4 is 4.74 Å². The molecule has 0 saturated carbocycles. The second-order valence-corrected chi connectivity index (χ2v) is 4.03. The summed E-state index contributed by atoms with van der Waals surface area (Å²) in [6.45, 7) is 3.89. The second-order valence-electron chi connectivity index (χ2n) is 3.72. The van der Waals surface area contributed by atoms with Crippen molar-refractivity contribution in [1.82, 2.24) is 4.98 Å². The lowest BCUT2D eigenvalue weighted by atomic mass is 10.1. The summed E-state index contributed by atoms with van der Waals surface area (Å²) in [6, 6.07) is 7.53. The molecule has 2 aromatic rings. The lowest BCUT2D eigenvalue weighted by molar-refractivity contribution is 0.226. The van der Waals surface area contributed by atoms with E-state index < -0.39 is 5.43 Å². The molecule has 1 heterocycles. The quantitative estimate of drug-likeness (QED) is 0.759. The Kier molecular flexibility index (Phi) is 3.29. The van der Waals surface area contributed by atoms with Crippen LogP contribution in [0.2, 0.25) is 0 Å². The van der Waals surface area contributed by atoms with Crippen LogP contribution in [0.3, 0.4) is 0 Å². The van der Waals surface area contributed by atoms with Crippen molar-refractivity contribution in [2.45, 2.75) is 20.3 Å².